The second-order valence-electron chi connectivity index (χ2n) is 5.30. The number of hydrogen-bond acceptors (Lipinski definition) is 4. The van der Waals surface area contributed by atoms with E-state index in [0.29, 0.717) is 18.2 Å². The zero-order valence-corrected chi connectivity index (χ0v) is 10.0. The van der Waals surface area contributed by atoms with Gasteiger partial charge in [0.2, 0.25) is 5.89 Å². The highest BCUT2D eigenvalue weighted by Crippen LogP contribution is 2.34. The quantitative estimate of drug-likeness (QED) is 0.803. The second-order valence-corrected chi connectivity index (χ2v) is 5.30. The second kappa shape index (κ2) is 4.59. The molecule has 0 N–H and O–H groups in total. The van der Waals surface area contributed by atoms with Gasteiger partial charge in [-0.2, -0.15) is 4.98 Å². The largest absolute Gasteiger partial charge is 0.339 e. The highest BCUT2D eigenvalue weighted by molar-refractivity contribution is 5.82. The van der Waals surface area contributed by atoms with Gasteiger partial charge in [0.05, 0.1) is 6.42 Å². The first-order valence-corrected chi connectivity index (χ1v) is 6.68. The van der Waals surface area contributed by atoms with Crippen LogP contribution in [0.4, 0.5) is 0 Å². The SMILES string of the molecule is O=C(Cc1nc(C2CCC2)no1)C1CCCC1. The number of ketones is 1. The highest BCUT2D eigenvalue weighted by Gasteiger charge is 2.27. The van der Waals surface area contributed by atoms with Crippen molar-refractivity contribution >= 4 is 5.78 Å². The third-order valence-electron chi connectivity index (χ3n) is 4.09. The van der Waals surface area contributed by atoms with E-state index in [1.165, 1.54) is 19.3 Å². The van der Waals surface area contributed by atoms with Crippen molar-refractivity contribution in [2.75, 3.05) is 0 Å². The van der Waals surface area contributed by atoms with Gasteiger partial charge in [0.1, 0.15) is 5.78 Å². The lowest BCUT2D eigenvalue weighted by Gasteiger charge is -2.20. The summed E-state index contributed by atoms with van der Waals surface area (Å²) in [5.74, 6) is 2.34. The molecule has 0 aromatic carbocycles. The van der Waals surface area contributed by atoms with Crippen LogP contribution in [0.2, 0.25) is 0 Å². The van der Waals surface area contributed by atoms with Crippen LogP contribution in [0.3, 0.4) is 0 Å². The number of nitrogens with zero attached hydrogens (tertiary/aromatic N) is 2. The summed E-state index contributed by atoms with van der Waals surface area (Å²) in [6.45, 7) is 0. The summed E-state index contributed by atoms with van der Waals surface area (Å²) < 4.78 is 5.17. The minimum absolute atomic E-state index is 0.244. The van der Waals surface area contributed by atoms with E-state index in [1.807, 2.05) is 0 Å². The zero-order chi connectivity index (χ0) is 11.7. The minimum atomic E-state index is 0.244. The maximum absolute atomic E-state index is 11.9. The molecule has 0 atom stereocenters. The van der Waals surface area contributed by atoms with Crippen molar-refractivity contribution in [3.63, 3.8) is 0 Å². The molecule has 1 aromatic rings. The summed E-state index contributed by atoms with van der Waals surface area (Å²) in [7, 11) is 0. The molecule has 2 fully saturated rings. The van der Waals surface area contributed by atoms with Gasteiger partial charge in [0.15, 0.2) is 5.82 Å². The molecule has 0 aliphatic heterocycles. The molecule has 2 aliphatic carbocycles. The molecule has 0 amide bonds. The zero-order valence-electron chi connectivity index (χ0n) is 10.0. The summed E-state index contributed by atoms with van der Waals surface area (Å²) in [5, 5.41) is 3.98. The number of hydrogen-bond donors (Lipinski definition) is 0. The first kappa shape index (κ1) is 10.9. The van der Waals surface area contributed by atoms with Crippen LogP contribution in [0.15, 0.2) is 4.52 Å². The molecule has 0 spiro atoms. The molecular formula is C13H18N2O2. The third kappa shape index (κ3) is 2.26. The molecule has 1 aromatic heterocycles. The Bertz CT molecular complexity index is 403. The van der Waals surface area contributed by atoms with Gasteiger partial charge in [0.25, 0.3) is 0 Å². The highest BCUT2D eigenvalue weighted by atomic mass is 16.5. The van der Waals surface area contributed by atoms with Crippen molar-refractivity contribution in [2.45, 2.75) is 57.3 Å². The van der Waals surface area contributed by atoms with E-state index >= 15 is 0 Å². The van der Waals surface area contributed by atoms with Crippen molar-refractivity contribution in [3.8, 4) is 0 Å². The van der Waals surface area contributed by atoms with Gasteiger partial charge >= 0.3 is 0 Å². The fourth-order valence-electron chi connectivity index (χ4n) is 2.71. The topological polar surface area (TPSA) is 56.0 Å². The standard InChI is InChI=1S/C13H18N2O2/c16-11(9-4-1-2-5-9)8-12-14-13(15-17-12)10-6-3-7-10/h9-10H,1-8H2. The Hall–Kier alpha value is -1.19. The Morgan fingerprint density at radius 3 is 2.59 bits per heavy atom. The Balaban J connectivity index is 1.60. The number of carbonyl (C=O) groups is 1. The Morgan fingerprint density at radius 2 is 1.94 bits per heavy atom. The van der Waals surface area contributed by atoms with Crippen molar-refractivity contribution in [2.24, 2.45) is 5.92 Å². The molecule has 2 saturated carbocycles. The van der Waals surface area contributed by atoms with Gasteiger partial charge in [-0.3, -0.25) is 4.79 Å². The van der Waals surface area contributed by atoms with Gasteiger partial charge in [-0.15, -0.1) is 0 Å². The normalized spacial score (nSPS) is 21.6. The Kier molecular flexibility index (Phi) is 2.95. The smallest absolute Gasteiger partial charge is 0.234 e. The van der Waals surface area contributed by atoms with Gasteiger partial charge in [-0.05, 0) is 25.7 Å². The first-order chi connectivity index (χ1) is 8.33. The van der Waals surface area contributed by atoms with Crippen LogP contribution < -0.4 is 0 Å². The molecule has 4 nitrogen and oxygen atoms in total. The third-order valence-corrected chi connectivity index (χ3v) is 4.09. The lowest BCUT2D eigenvalue weighted by molar-refractivity contribution is -0.122. The number of carbonyl (C=O) groups excluding carboxylic acids is 1. The van der Waals surface area contributed by atoms with Crippen LogP contribution in [0, 0.1) is 5.92 Å². The van der Waals surface area contributed by atoms with E-state index in [0.717, 1.165) is 31.5 Å². The van der Waals surface area contributed by atoms with Gasteiger partial charge in [-0.1, -0.05) is 24.4 Å². The van der Waals surface area contributed by atoms with Crippen LogP contribution >= 0.6 is 0 Å². The van der Waals surface area contributed by atoms with Crippen LogP contribution in [0.1, 0.15) is 62.6 Å². The minimum Gasteiger partial charge on any atom is -0.339 e. The molecule has 2 aliphatic rings. The summed E-state index contributed by atoms with van der Waals surface area (Å²) in [4.78, 5) is 16.3. The fraction of sp³-hybridized carbons (Fsp3) is 0.769. The molecule has 1 heterocycles. The van der Waals surface area contributed by atoms with Crippen molar-refractivity contribution in [3.05, 3.63) is 11.7 Å². The van der Waals surface area contributed by atoms with Gasteiger partial charge in [0, 0.05) is 11.8 Å². The molecule has 4 heteroatoms. The number of Topliss-reactive ketones (excluding diaryl/α,β-unsaturated/α-hetero) is 1. The molecular weight excluding hydrogens is 216 g/mol. The lowest BCUT2D eigenvalue weighted by atomic mass is 9.85. The Labute approximate surface area is 101 Å². The summed E-state index contributed by atoms with van der Waals surface area (Å²) in [6.07, 6.45) is 8.39. The van der Waals surface area contributed by atoms with Gasteiger partial charge in [-0.25, -0.2) is 0 Å². The predicted molar refractivity (Wildman–Crippen MR) is 61.6 cm³/mol. The van der Waals surface area contributed by atoms with E-state index in [2.05, 4.69) is 10.1 Å². The molecule has 17 heavy (non-hydrogen) atoms. The first-order valence-electron chi connectivity index (χ1n) is 6.68. The molecule has 0 radical (unpaired) electrons. The summed E-state index contributed by atoms with van der Waals surface area (Å²) in [5.41, 5.74) is 0. The van der Waals surface area contributed by atoms with Gasteiger partial charge < -0.3 is 4.52 Å². The molecule has 0 bridgehead atoms. The van der Waals surface area contributed by atoms with Crippen molar-refractivity contribution < 1.29 is 9.32 Å². The van der Waals surface area contributed by atoms with E-state index in [-0.39, 0.29) is 11.7 Å². The van der Waals surface area contributed by atoms with Crippen molar-refractivity contribution in [1.29, 1.82) is 0 Å². The van der Waals surface area contributed by atoms with Crippen LogP contribution in [0.5, 0.6) is 0 Å². The predicted octanol–water partition coefficient (Wildman–Crippen LogP) is 2.64. The molecule has 0 unspecified atom stereocenters. The monoisotopic (exact) mass is 234 g/mol. The van der Waals surface area contributed by atoms with Crippen molar-refractivity contribution in [1.82, 2.24) is 10.1 Å². The van der Waals surface area contributed by atoms with Crippen LogP contribution in [-0.2, 0) is 11.2 Å². The maximum Gasteiger partial charge on any atom is 0.234 e. The molecule has 92 valence electrons. The molecule has 0 saturated heterocycles. The summed E-state index contributed by atoms with van der Waals surface area (Å²) >= 11 is 0. The number of rotatable bonds is 4. The maximum atomic E-state index is 11.9. The fourth-order valence-corrected chi connectivity index (χ4v) is 2.71. The van der Waals surface area contributed by atoms with Crippen LogP contribution in [0.25, 0.3) is 0 Å². The van der Waals surface area contributed by atoms with E-state index < -0.39 is 0 Å². The number of aromatic nitrogens is 2. The average molecular weight is 234 g/mol. The van der Waals surface area contributed by atoms with Crippen LogP contribution in [-0.4, -0.2) is 15.9 Å². The molecule has 3 rings (SSSR count). The van der Waals surface area contributed by atoms with E-state index in [1.54, 1.807) is 0 Å². The van der Waals surface area contributed by atoms with E-state index in [4.69, 9.17) is 4.52 Å². The van der Waals surface area contributed by atoms with E-state index in [9.17, 15) is 4.79 Å². The Morgan fingerprint density at radius 1 is 1.18 bits per heavy atom. The summed E-state index contributed by atoms with van der Waals surface area (Å²) in [6, 6.07) is 0. The lowest BCUT2D eigenvalue weighted by Crippen LogP contribution is -2.14. The average Bonchev–Trinajstić information content (AvgIpc) is 2.85.